The van der Waals surface area contributed by atoms with Crippen LogP contribution in [0.15, 0.2) is 60.8 Å². The Morgan fingerprint density at radius 3 is 2.57 bits per heavy atom. The van der Waals surface area contributed by atoms with Crippen molar-refractivity contribution in [3.63, 3.8) is 0 Å². The van der Waals surface area contributed by atoms with Crippen molar-refractivity contribution in [2.75, 3.05) is 18.5 Å². The SMILES string of the molecule is O=C(NCc1ccccc1F)c1ccc(Nc2ccc3c(c2)OCCO3)cn1. The fourth-order valence-electron chi connectivity index (χ4n) is 2.80. The zero-order valence-electron chi connectivity index (χ0n) is 14.9. The van der Waals surface area contributed by atoms with Crippen molar-refractivity contribution in [1.82, 2.24) is 10.3 Å². The third-order valence-electron chi connectivity index (χ3n) is 4.22. The number of rotatable bonds is 5. The zero-order chi connectivity index (χ0) is 19.3. The van der Waals surface area contributed by atoms with Gasteiger partial charge in [0.2, 0.25) is 0 Å². The summed E-state index contributed by atoms with van der Waals surface area (Å²) >= 11 is 0. The molecule has 2 N–H and O–H groups in total. The van der Waals surface area contributed by atoms with Crippen molar-refractivity contribution in [3.8, 4) is 11.5 Å². The number of carbonyl (C=O) groups excluding carboxylic acids is 1. The Labute approximate surface area is 161 Å². The van der Waals surface area contributed by atoms with Crippen LogP contribution >= 0.6 is 0 Å². The van der Waals surface area contributed by atoms with Gasteiger partial charge in [-0.1, -0.05) is 18.2 Å². The molecule has 2 heterocycles. The summed E-state index contributed by atoms with van der Waals surface area (Å²) in [4.78, 5) is 16.4. The number of ether oxygens (including phenoxy) is 2. The van der Waals surface area contributed by atoms with Crippen molar-refractivity contribution in [3.05, 3.63) is 77.9 Å². The Hall–Kier alpha value is -3.61. The molecule has 3 aromatic rings. The van der Waals surface area contributed by atoms with E-state index in [-0.39, 0.29) is 24.0 Å². The van der Waals surface area contributed by atoms with Gasteiger partial charge in [-0.3, -0.25) is 4.79 Å². The summed E-state index contributed by atoms with van der Waals surface area (Å²) in [5.41, 5.74) is 2.22. The Morgan fingerprint density at radius 2 is 1.79 bits per heavy atom. The summed E-state index contributed by atoms with van der Waals surface area (Å²) in [6.45, 7) is 1.17. The maximum atomic E-state index is 13.6. The van der Waals surface area contributed by atoms with Crippen LogP contribution in [0.1, 0.15) is 16.1 Å². The van der Waals surface area contributed by atoms with Crippen molar-refractivity contribution >= 4 is 17.3 Å². The summed E-state index contributed by atoms with van der Waals surface area (Å²) in [7, 11) is 0. The molecule has 1 amide bonds. The second kappa shape index (κ2) is 7.96. The molecule has 1 aromatic heterocycles. The quantitative estimate of drug-likeness (QED) is 0.708. The Morgan fingerprint density at radius 1 is 1.00 bits per heavy atom. The monoisotopic (exact) mass is 379 g/mol. The van der Waals surface area contributed by atoms with E-state index in [1.54, 1.807) is 36.5 Å². The van der Waals surface area contributed by atoms with Gasteiger partial charge in [-0.15, -0.1) is 0 Å². The van der Waals surface area contributed by atoms with Gasteiger partial charge in [0.25, 0.3) is 5.91 Å². The summed E-state index contributed by atoms with van der Waals surface area (Å²) in [6, 6.07) is 15.2. The Kier molecular flexibility index (Phi) is 5.05. The zero-order valence-corrected chi connectivity index (χ0v) is 14.9. The summed E-state index contributed by atoms with van der Waals surface area (Å²) in [5, 5.41) is 5.87. The van der Waals surface area contributed by atoms with Crippen LogP contribution in [0.4, 0.5) is 15.8 Å². The minimum atomic E-state index is -0.367. The molecule has 0 spiro atoms. The van der Waals surface area contributed by atoms with Crippen molar-refractivity contribution in [1.29, 1.82) is 0 Å². The molecule has 4 rings (SSSR count). The topological polar surface area (TPSA) is 72.5 Å². The van der Waals surface area contributed by atoms with Gasteiger partial charge >= 0.3 is 0 Å². The number of nitrogens with one attached hydrogen (secondary N) is 2. The molecule has 6 nitrogen and oxygen atoms in total. The van der Waals surface area contributed by atoms with Gasteiger partial charge in [-0.25, -0.2) is 9.37 Å². The highest BCUT2D eigenvalue weighted by molar-refractivity contribution is 5.92. The van der Waals surface area contributed by atoms with Gasteiger partial charge < -0.3 is 20.1 Å². The summed E-state index contributed by atoms with van der Waals surface area (Å²) in [5.74, 6) is 0.689. The van der Waals surface area contributed by atoms with E-state index in [0.29, 0.717) is 24.5 Å². The average Bonchev–Trinajstić information content (AvgIpc) is 2.73. The van der Waals surface area contributed by atoms with Crippen molar-refractivity contribution in [2.45, 2.75) is 6.54 Å². The van der Waals surface area contributed by atoms with E-state index < -0.39 is 0 Å². The molecule has 1 aliphatic rings. The molecule has 0 fully saturated rings. The molecular weight excluding hydrogens is 361 g/mol. The highest BCUT2D eigenvalue weighted by Crippen LogP contribution is 2.33. The maximum Gasteiger partial charge on any atom is 0.270 e. The highest BCUT2D eigenvalue weighted by Gasteiger charge is 2.12. The van der Waals surface area contributed by atoms with Crippen LogP contribution in [-0.4, -0.2) is 24.1 Å². The fourth-order valence-corrected chi connectivity index (χ4v) is 2.80. The van der Waals surface area contributed by atoms with Crippen LogP contribution < -0.4 is 20.1 Å². The van der Waals surface area contributed by atoms with Crippen molar-refractivity contribution < 1.29 is 18.7 Å². The molecule has 142 valence electrons. The number of carbonyl (C=O) groups is 1. The number of hydrogen-bond donors (Lipinski definition) is 2. The van der Waals surface area contributed by atoms with Gasteiger partial charge in [-0.2, -0.15) is 0 Å². The van der Waals surface area contributed by atoms with E-state index in [2.05, 4.69) is 15.6 Å². The van der Waals surface area contributed by atoms with Crippen LogP contribution in [0.3, 0.4) is 0 Å². The van der Waals surface area contributed by atoms with E-state index in [0.717, 1.165) is 17.1 Å². The first-order chi connectivity index (χ1) is 13.7. The summed E-state index contributed by atoms with van der Waals surface area (Å²) < 4.78 is 24.7. The standard InChI is InChI=1S/C21H18FN3O3/c22-17-4-2-1-3-14(17)12-24-21(26)18-7-5-16(13-23-18)25-15-6-8-19-20(11-15)28-10-9-27-19/h1-8,11,13,25H,9-10,12H2,(H,24,26). The minimum Gasteiger partial charge on any atom is -0.486 e. The molecule has 2 aromatic carbocycles. The predicted molar refractivity (Wildman–Crippen MR) is 103 cm³/mol. The molecular formula is C21H18FN3O3. The fraction of sp³-hybridized carbons (Fsp3) is 0.143. The van der Waals surface area contributed by atoms with E-state index in [4.69, 9.17) is 9.47 Å². The van der Waals surface area contributed by atoms with Gasteiger partial charge in [0, 0.05) is 23.9 Å². The average molecular weight is 379 g/mol. The second-order valence-corrected chi connectivity index (χ2v) is 6.19. The molecule has 0 aliphatic carbocycles. The van der Waals surface area contributed by atoms with E-state index in [1.165, 1.54) is 6.07 Å². The van der Waals surface area contributed by atoms with Crippen molar-refractivity contribution in [2.24, 2.45) is 0 Å². The number of halogens is 1. The smallest absolute Gasteiger partial charge is 0.270 e. The van der Waals surface area contributed by atoms with Crippen LogP contribution in [-0.2, 0) is 6.54 Å². The molecule has 0 radical (unpaired) electrons. The highest BCUT2D eigenvalue weighted by atomic mass is 19.1. The number of pyridine rings is 1. The second-order valence-electron chi connectivity index (χ2n) is 6.19. The summed E-state index contributed by atoms with van der Waals surface area (Å²) in [6.07, 6.45) is 1.56. The predicted octanol–water partition coefficient (Wildman–Crippen LogP) is 3.67. The lowest BCUT2D eigenvalue weighted by molar-refractivity contribution is 0.0945. The first-order valence-electron chi connectivity index (χ1n) is 8.83. The molecule has 0 atom stereocenters. The number of hydrogen-bond acceptors (Lipinski definition) is 5. The Bertz CT molecular complexity index is 992. The number of fused-ring (bicyclic) bond motifs is 1. The van der Waals surface area contributed by atoms with Gasteiger partial charge in [0.1, 0.15) is 24.7 Å². The minimum absolute atomic E-state index is 0.102. The van der Waals surface area contributed by atoms with Crippen LogP contribution in [0.25, 0.3) is 0 Å². The first-order valence-corrected chi connectivity index (χ1v) is 8.83. The third-order valence-corrected chi connectivity index (χ3v) is 4.22. The van der Waals surface area contributed by atoms with E-state index in [1.807, 2.05) is 18.2 Å². The van der Waals surface area contributed by atoms with E-state index in [9.17, 15) is 9.18 Å². The Balaban J connectivity index is 1.38. The van der Waals surface area contributed by atoms with Gasteiger partial charge in [-0.05, 0) is 30.3 Å². The molecule has 0 bridgehead atoms. The molecule has 0 unspecified atom stereocenters. The molecule has 0 saturated heterocycles. The normalized spacial score (nSPS) is 12.3. The molecule has 28 heavy (non-hydrogen) atoms. The third kappa shape index (κ3) is 4.03. The maximum absolute atomic E-state index is 13.6. The number of anilines is 2. The first kappa shape index (κ1) is 17.8. The van der Waals surface area contributed by atoms with Crippen LogP contribution in [0, 0.1) is 5.82 Å². The number of benzene rings is 2. The largest absolute Gasteiger partial charge is 0.486 e. The number of amides is 1. The number of nitrogens with zero attached hydrogens (tertiary/aromatic N) is 1. The van der Waals surface area contributed by atoms with Gasteiger partial charge in [0.05, 0.1) is 11.9 Å². The van der Waals surface area contributed by atoms with Gasteiger partial charge in [0.15, 0.2) is 11.5 Å². The lowest BCUT2D eigenvalue weighted by atomic mass is 10.2. The molecule has 1 aliphatic heterocycles. The van der Waals surface area contributed by atoms with Crippen LogP contribution in [0.2, 0.25) is 0 Å². The van der Waals surface area contributed by atoms with Crippen LogP contribution in [0.5, 0.6) is 11.5 Å². The number of aromatic nitrogens is 1. The van der Waals surface area contributed by atoms with E-state index >= 15 is 0 Å². The molecule has 7 heteroatoms. The lowest BCUT2D eigenvalue weighted by Gasteiger charge is -2.19. The lowest BCUT2D eigenvalue weighted by Crippen LogP contribution is -2.24. The molecule has 0 saturated carbocycles.